The van der Waals surface area contributed by atoms with Crippen molar-refractivity contribution >= 4 is 39.3 Å². The number of nitrogens with one attached hydrogen (secondary N) is 1. The Morgan fingerprint density at radius 2 is 2.12 bits per heavy atom. The maximum absolute atomic E-state index is 11.9. The van der Waals surface area contributed by atoms with E-state index in [0.717, 1.165) is 26.6 Å². The van der Waals surface area contributed by atoms with E-state index in [1.54, 1.807) is 36.2 Å². The van der Waals surface area contributed by atoms with Crippen LogP contribution in [0.25, 0.3) is 10.2 Å². The molecule has 0 aromatic carbocycles. The highest BCUT2D eigenvalue weighted by molar-refractivity contribution is 7.98. The number of thioether (sulfide) groups is 1. The molecule has 0 aliphatic heterocycles. The zero-order valence-corrected chi connectivity index (χ0v) is 15.6. The minimum atomic E-state index is -0.378. The second-order valence-corrected chi connectivity index (χ2v) is 7.49. The summed E-state index contributed by atoms with van der Waals surface area (Å²) in [7, 11) is 0. The van der Waals surface area contributed by atoms with Crippen LogP contribution in [0, 0.1) is 20.8 Å². The molecule has 0 saturated heterocycles. The van der Waals surface area contributed by atoms with Crippen LogP contribution in [0.4, 0.5) is 0 Å². The minimum Gasteiger partial charge on any atom is -0.461 e. The topological polar surface area (TPSA) is 80.8 Å². The fourth-order valence-corrected chi connectivity index (χ4v) is 4.61. The summed E-state index contributed by atoms with van der Waals surface area (Å²) in [5.74, 6) is 0.964. The number of carbonyl (C=O) groups excluding carboxylic acids is 1. The number of fused-ring (bicyclic) bond motifs is 1. The molecule has 0 radical (unpaired) electrons. The molecule has 126 valence electrons. The van der Waals surface area contributed by atoms with E-state index < -0.39 is 0 Å². The first kappa shape index (κ1) is 16.9. The molecule has 0 aliphatic carbocycles. The molecule has 0 aliphatic rings. The number of ether oxygens (including phenoxy) is 1. The number of nitrogens with zero attached hydrogens (tertiary/aromatic N) is 3. The van der Waals surface area contributed by atoms with Crippen LogP contribution < -0.4 is 0 Å². The first-order valence-electron chi connectivity index (χ1n) is 7.57. The number of hydrogen-bond donors (Lipinski definition) is 1. The van der Waals surface area contributed by atoms with E-state index >= 15 is 0 Å². The average molecular weight is 362 g/mol. The predicted octanol–water partition coefficient (Wildman–Crippen LogP) is 3.81. The maximum atomic E-state index is 11.9. The molecule has 0 fully saturated rings. The van der Waals surface area contributed by atoms with Crippen LogP contribution in [0.3, 0.4) is 0 Å². The molecular weight excluding hydrogens is 344 g/mol. The molecule has 6 nitrogen and oxygen atoms in total. The number of aromatic amines is 1. The number of rotatable bonds is 5. The van der Waals surface area contributed by atoms with Crippen LogP contribution in [-0.4, -0.2) is 32.7 Å². The Kier molecular flexibility index (Phi) is 4.86. The largest absolute Gasteiger partial charge is 0.461 e. The van der Waals surface area contributed by atoms with Gasteiger partial charge in [0.2, 0.25) is 0 Å². The van der Waals surface area contributed by atoms with Crippen LogP contribution in [-0.2, 0) is 10.5 Å². The Bertz CT molecular complexity index is 901. The first-order valence-corrected chi connectivity index (χ1v) is 9.38. The van der Waals surface area contributed by atoms with Crippen LogP contribution >= 0.6 is 23.1 Å². The van der Waals surface area contributed by atoms with Gasteiger partial charge in [-0.3, -0.25) is 5.10 Å². The molecule has 0 saturated carbocycles. The number of esters is 1. The van der Waals surface area contributed by atoms with Gasteiger partial charge >= 0.3 is 5.97 Å². The summed E-state index contributed by atoms with van der Waals surface area (Å²) in [6.45, 7) is 8.21. The van der Waals surface area contributed by atoms with Crippen molar-refractivity contribution < 1.29 is 9.53 Å². The molecular formula is C16H18N4O2S2. The summed E-state index contributed by atoms with van der Waals surface area (Å²) in [5.41, 5.74) is 2.44. The second-order valence-electron chi connectivity index (χ2n) is 5.32. The Morgan fingerprint density at radius 1 is 1.33 bits per heavy atom. The second kappa shape index (κ2) is 6.90. The summed E-state index contributed by atoms with van der Waals surface area (Å²) >= 11 is 3.27. The van der Waals surface area contributed by atoms with E-state index in [0.29, 0.717) is 18.1 Å². The van der Waals surface area contributed by atoms with Crippen LogP contribution in [0.2, 0.25) is 0 Å². The van der Waals surface area contributed by atoms with Gasteiger partial charge in [0.15, 0.2) is 0 Å². The average Bonchev–Trinajstić information content (AvgIpc) is 3.10. The number of aryl methyl sites for hydroxylation is 3. The van der Waals surface area contributed by atoms with Crippen molar-refractivity contribution in [3.8, 4) is 0 Å². The van der Waals surface area contributed by atoms with E-state index in [-0.39, 0.29) is 5.97 Å². The Morgan fingerprint density at radius 3 is 2.88 bits per heavy atom. The van der Waals surface area contributed by atoms with E-state index in [9.17, 15) is 4.79 Å². The van der Waals surface area contributed by atoms with Crippen molar-refractivity contribution in [2.45, 2.75) is 38.5 Å². The van der Waals surface area contributed by atoms with E-state index in [1.165, 1.54) is 10.4 Å². The van der Waals surface area contributed by atoms with Gasteiger partial charge < -0.3 is 4.74 Å². The normalized spacial score (nSPS) is 11.2. The SMILES string of the molecule is CCOC(=O)c1[nH]ncc1CSc1nc(C)nc2sc(C)c(C)c12. The third kappa shape index (κ3) is 3.16. The molecule has 3 aromatic heterocycles. The number of hydrogen-bond acceptors (Lipinski definition) is 7. The van der Waals surface area contributed by atoms with Gasteiger partial charge in [0.25, 0.3) is 0 Å². The molecule has 3 heterocycles. The number of thiophene rings is 1. The zero-order chi connectivity index (χ0) is 17.3. The minimum absolute atomic E-state index is 0.337. The third-order valence-corrected chi connectivity index (χ3v) is 5.79. The molecule has 3 rings (SSSR count). The van der Waals surface area contributed by atoms with Gasteiger partial charge in [-0.2, -0.15) is 5.10 Å². The Labute approximate surface area is 148 Å². The molecule has 24 heavy (non-hydrogen) atoms. The highest BCUT2D eigenvalue weighted by atomic mass is 32.2. The lowest BCUT2D eigenvalue weighted by Crippen LogP contribution is -2.07. The van der Waals surface area contributed by atoms with Crippen molar-refractivity contribution in [1.82, 2.24) is 20.2 Å². The van der Waals surface area contributed by atoms with E-state index in [1.807, 2.05) is 6.92 Å². The van der Waals surface area contributed by atoms with Crippen molar-refractivity contribution in [1.29, 1.82) is 0 Å². The lowest BCUT2D eigenvalue weighted by molar-refractivity contribution is 0.0518. The Hall–Kier alpha value is -1.93. The number of H-pyrrole nitrogens is 1. The molecule has 0 spiro atoms. The van der Waals surface area contributed by atoms with Crippen molar-refractivity contribution in [2.75, 3.05) is 6.61 Å². The Balaban J connectivity index is 1.89. The van der Waals surface area contributed by atoms with Crippen LogP contribution in [0.1, 0.15) is 39.2 Å². The van der Waals surface area contributed by atoms with Crippen molar-refractivity contribution in [2.24, 2.45) is 0 Å². The number of carbonyl (C=O) groups is 1. The maximum Gasteiger partial charge on any atom is 0.356 e. The summed E-state index contributed by atoms with van der Waals surface area (Å²) in [6.07, 6.45) is 1.66. The summed E-state index contributed by atoms with van der Waals surface area (Å²) in [4.78, 5) is 23.3. The van der Waals surface area contributed by atoms with Gasteiger partial charge in [0.05, 0.1) is 12.8 Å². The van der Waals surface area contributed by atoms with E-state index in [4.69, 9.17) is 4.74 Å². The molecule has 8 heteroatoms. The summed E-state index contributed by atoms with van der Waals surface area (Å²) in [6, 6.07) is 0. The molecule has 0 unspecified atom stereocenters. The lowest BCUT2D eigenvalue weighted by atomic mass is 10.2. The van der Waals surface area contributed by atoms with E-state index in [2.05, 4.69) is 34.0 Å². The molecule has 0 amide bonds. The van der Waals surface area contributed by atoms with Crippen LogP contribution in [0.5, 0.6) is 0 Å². The molecule has 1 N–H and O–H groups in total. The molecule has 0 atom stereocenters. The van der Waals surface area contributed by atoms with Crippen molar-refractivity contribution in [3.63, 3.8) is 0 Å². The standard InChI is InChI=1S/C16H18N4O2S2/c1-5-22-16(21)13-11(6-17-20-13)7-23-14-12-8(2)9(3)24-15(12)19-10(4)18-14/h6H,5,7H2,1-4H3,(H,17,20). The van der Waals surface area contributed by atoms with Crippen LogP contribution in [0.15, 0.2) is 11.2 Å². The van der Waals surface area contributed by atoms with Gasteiger partial charge in [-0.15, -0.1) is 23.1 Å². The summed E-state index contributed by atoms with van der Waals surface area (Å²) in [5, 5.41) is 8.74. The first-order chi connectivity index (χ1) is 11.5. The fraction of sp³-hybridized carbons (Fsp3) is 0.375. The quantitative estimate of drug-likeness (QED) is 0.422. The summed E-state index contributed by atoms with van der Waals surface area (Å²) < 4.78 is 5.05. The van der Waals surface area contributed by atoms with Gasteiger partial charge in [0, 0.05) is 21.6 Å². The van der Waals surface area contributed by atoms with Gasteiger partial charge in [-0.25, -0.2) is 14.8 Å². The smallest absolute Gasteiger partial charge is 0.356 e. The molecule has 0 bridgehead atoms. The fourth-order valence-electron chi connectivity index (χ4n) is 2.37. The highest BCUT2D eigenvalue weighted by Gasteiger charge is 2.18. The number of aromatic nitrogens is 4. The molecule has 3 aromatic rings. The highest BCUT2D eigenvalue weighted by Crippen LogP contribution is 2.36. The predicted molar refractivity (Wildman–Crippen MR) is 95.7 cm³/mol. The third-order valence-electron chi connectivity index (χ3n) is 3.67. The lowest BCUT2D eigenvalue weighted by Gasteiger charge is -2.06. The monoisotopic (exact) mass is 362 g/mol. The van der Waals surface area contributed by atoms with Gasteiger partial charge in [-0.1, -0.05) is 0 Å². The van der Waals surface area contributed by atoms with Gasteiger partial charge in [0.1, 0.15) is 21.4 Å². The van der Waals surface area contributed by atoms with Crippen molar-refractivity contribution in [3.05, 3.63) is 33.7 Å². The zero-order valence-electron chi connectivity index (χ0n) is 14.0. The van der Waals surface area contributed by atoms with Gasteiger partial charge in [-0.05, 0) is 33.3 Å².